The SMILES string of the molecule is CN/N=C/c1ccc(Br)cn1. The minimum atomic E-state index is 0.836. The van der Waals surface area contributed by atoms with Crippen molar-refractivity contribution in [3.8, 4) is 0 Å². The zero-order valence-electron chi connectivity index (χ0n) is 6.08. The highest BCUT2D eigenvalue weighted by Crippen LogP contribution is 2.05. The fourth-order valence-electron chi connectivity index (χ4n) is 0.594. The van der Waals surface area contributed by atoms with E-state index in [0.717, 1.165) is 10.2 Å². The Balaban J connectivity index is 2.73. The van der Waals surface area contributed by atoms with E-state index >= 15 is 0 Å². The quantitative estimate of drug-likeness (QED) is 0.596. The van der Waals surface area contributed by atoms with Gasteiger partial charge >= 0.3 is 0 Å². The van der Waals surface area contributed by atoms with Crippen molar-refractivity contribution in [1.29, 1.82) is 0 Å². The van der Waals surface area contributed by atoms with E-state index in [1.54, 1.807) is 19.5 Å². The minimum absolute atomic E-state index is 0.836. The Morgan fingerprint density at radius 2 is 2.45 bits per heavy atom. The van der Waals surface area contributed by atoms with Crippen molar-refractivity contribution in [2.75, 3.05) is 7.05 Å². The van der Waals surface area contributed by atoms with Crippen LogP contribution in [0.4, 0.5) is 0 Å². The predicted octanol–water partition coefficient (Wildman–Crippen LogP) is 1.40. The molecule has 0 aliphatic rings. The molecule has 0 unspecified atom stereocenters. The maximum absolute atomic E-state index is 4.08. The second-order valence-corrected chi connectivity index (χ2v) is 2.80. The molecule has 1 N–H and O–H groups in total. The number of hydrogen-bond acceptors (Lipinski definition) is 3. The average Bonchev–Trinajstić information content (AvgIpc) is 2.04. The van der Waals surface area contributed by atoms with Crippen LogP contribution in [0.1, 0.15) is 5.69 Å². The maximum atomic E-state index is 4.08. The van der Waals surface area contributed by atoms with Gasteiger partial charge in [0.05, 0.1) is 11.9 Å². The van der Waals surface area contributed by atoms with Crippen molar-refractivity contribution in [3.63, 3.8) is 0 Å². The van der Waals surface area contributed by atoms with Gasteiger partial charge in [0.2, 0.25) is 0 Å². The van der Waals surface area contributed by atoms with E-state index in [4.69, 9.17) is 0 Å². The molecular weight excluding hydrogens is 206 g/mol. The maximum Gasteiger partial charge on any atom is 0.0830 e. The topological polar surface area (TPSA) is 37.3 Å². The van der Waals surface area contributed by atoms with Gasteiger partial charge in [-0.1, -0.05) is 0 Å². The summed E-state index contributed by atoms with van der Waals surface area (Å²) < 4.78 is 0.971. The number of pyridine rings is 1. The van der Waals surface area contributed by atoms with Crippen molar-refractivity contribution in [1.82, 2.24) is 10.4 Å². The van der Waals surface area contributed by atoms with E-state index in [9.17, 15) is 0 Å². The summed E-state index contributed by atoms with van der Waals surface area (Å²) in [4.78, 5) is 4.08. The highest BCUT2D eigenvalue weighted by Gasteiger charge is 1.87. The zero-order chi connectivity index (χ0) is 8.10. The number of nitrogens with zero attached hydrogens (tertiary/aromatic N) is 2. The summed E-state index contributed by atoms with van der Waals surface area (Å²) in [5.41, 5.74) is 3.48. The molecular formula is C7H8BrN3. The van der Waals surface area contributed by atoms with Crippen molar-refractivity contribution in [2.45, 2.75) is 0 Å². The second-order valence-electron chi connectivity index (χ2n) is 1.88. The van der Waals surface area contributed by atoms with Gasteiger partial charge in [0.1, 0.15) is 0 Å². The van der Waals surface area contributed by atoms with Crippen LogP contribution >= 0.6 is 15.9 Å². The molecule has 58 valence electrons. The normalized spacial score (nSPS) is 10.4. The predicted molar refractivity (Wildman–Crippen MR) is 48.6 cm³/mol. The van der Waals surface area contributed by atoms with Gasteiger partial charge < -0.3 is 5.43 Å². The molecule has 4 heteroatoms. The van der Waals surface area contributed by atoms with Crippen molar-refractivity contribution >= 4 is 22.1 Å². The summed E-state index contributed by atoms with van der Waals surface area (Å²) >= 11 is 3.29. The standard InChI is InChI=1S/C7H8BrN3/c1-9-11-5-7-3-2-6(8)4-10-7/h2-5,9H,1H3/b11-5+. The number of halogens is 1. The van der Waals surface area contributed by atoms with Crippen molar-refractivity contribution < 1.29 is 0 Å². The van der Waals surface area contributed by atoms with Crippen LogP contribution in [0.2, 0.25) is 0 Å². The van der Waals surface area contributed by atoms with E-state index < -0.39 is 0 Å². The first-order chi connectivity index (χ1) is 5.33. The van der Waals surface area contributed by atoms with Gasteiger partial charge in [0.15, 0.2) is 0 Å². The molecule has 1 aromatic rings. The van der Waals surface area contributed by atoms with E-state index in [1.165, 1.54) is 0 Å². The van der Waals surface area contributed by atoms with Crippen molar-refractivity contribution in [2.24, 2.45) is 5.10 Å². The molecule has 0 amide bonds. The summed E-state index contributed by atoms with van der Waals surface area (Å²) in [6.07, 6.45) is 3.39. The van der Waals surface area contributed by atoms with Crippen LogP contribution in [-0.2, 0) is 0 Å². The fraction of sp³-hybridized carbons (Fsp3) is 0.143. The molecule has 1 rings (SSSR count). The van der Waals surface area contributed by atoms with Crippen LogP contribution in [0, 0.1) is 0 Å². The summed E-state index contributed by atoms with van der Waals surface area (Å²) in [7, 11) is 1.75. The molecule has 0 bridgehead atoms. The molecule has 0 aliphatic heterocycles. The van der Waals surface area contributed by atoms with Gasteiger partial charge in [0, 0.05) is 17.7 Å². The largest absolute Gasteiger partial charge is 0.313 e. The van der Waals surface area contributed by atoms with Crippen molar-refractivity contribution in [3.05, 3.63) is 28.5 Å². The Labute approximate surface area is 73.7 Å². The van der Waals surface area contributed by atoms with Gasteiger partial charge in [0.25, 0.3) is 0 Å². The van der Waals surface area contributed by atoms with Gasteiger partial charge in [-0.25, -0.2) is 0 Å². The van der Waals surface area contributed by atoms with Crippen LogP contribution in [0.5, 0.6) is 0 Å². The van der Waals surface area contributed by atoms with E-state index in [-0.39, 0.29) is 0 Å². The molecule has 0 saturated carbocycles. The molecule has 0 radical (unpaired) electrons. The third kappa shape index (κ3) is 2.67. The van der Waals surface area contributed by atoms with Crippen LogP contribution < -0.4 is 5.43 Å². The lowest BCUT2D eigenvalue weighted by Gasteiger charge is -1.91. The molecule has 0 spiro atoms. The Bertz CT molecular complexity index is 242. The van der Waals surface area contributed by atoms with Gasteiger partial charge in [-0.05, 0) is 28.1 Å². The van der Waals surface area contributed by atoms with E-state index in [2.05, 4.69) is 31.4 Å². The first-order valence-electron chi connectivity index (χ1n) is 3.14. The second kappa shape index (κ2) is 4.08. The molecule has 1 heterocycles. The third-order valence-corrected chi connectivity index (χ3v) is 1.55. The molecule has 11 heavy (non-hydrogen) atoms. The number of nitrogens with one attached hydrogen (secondary N) is 1. The third-order valence-electron chi connectivity index (χ3n) is 1.08. The molecule has 0 aromatic carbocycles. The highest BCUT2D eigenvalue weighted by molar-refractivity contribution is 9.10. The van der Waals surface area contributed by atoms with E-state index in [1.807, 2.05) is 12.1 Å². The first kappa shape index (κ1) is 8.20. The lowest BCUT2D eigenvalue weighted by molar-refractivity contribution is 0.906. The Morgan fingerprint density at radius 3 is 3.00 bits per heavy atom. The lowest BCUT2D eigenvalue weighted by Crippen LogP contribution is -1.95. The summed E-state index contributed by atoms with van der Waals surface area (Å²) in [5, 5.41) is 3.82. The van der Waals surface area contributed by atoms with E-state index in [0.29, 0.717) is 0 Å². The molecule has 0 fully saturated rings. The average molecular weight is 214 g/mol. The number of hydrazone groups is 1. The summed E-state index contributed by atoms with van der Waals surface area (Å²) in [6, 6.07) is 3.80. The number of aromatic nitrogens is 1. The summed E-state index contributed by atoms with van der Waals surface area (Å²) in [6.45, 7) is 0. The first-order valence-corrected chi connectivity index (χ1v) is 3.93. The van der Waals surface area contributed by atoms with Crippen LogP contribution in [0.3, 0.4) is 0 Å². The van der Waals surface area contributed by atoms with Gasteiger partial charge in [-0.2, -0.15) is 5.10 Å². The minimum Gasteiger partial charge on any atom is -0.313 e. The zero-order valence-corrected chi connectivity index (χ0v) is 7.67. The Kier molecular flexibility index (Phi) is 3.04. The number of rotatable bonds is 2. The fourth-order valence-corrected chi connectivity index (χ4v) is 0.829. The Morgan fingerprint density at radius 1 is 1.64 bits per heavy atom. The number of hydrogen-bond donors (Lipinski definition) is 1. The summed E-state index contributed by atoms with van der Waals surface area (Å²) in [5.74, 6) is 0. The molecule has 0 aliphatic carbocycles. The molecule has 0 atom stereocenters. The van der Waals surface area contributed by atoms with Crippen LogP contribution in [0.25, 0.3) is 0 Å². The van der Waals surface area contributed by atoms with Crippen LogP contribution in [-0.4, -0.2) is 18.2 Å². The lowest BCUT2D eigenvalue weighted by atomic mass is 10.4. The van der Waals surface area contributed by atoms with Crippen LogP contribution in [0.15, 0.2) is 27.9 Å². The molecule has 3 nitrogen and oxygen atoms in total. The van der Waals surface area contributed by atoms with Gasteiger partial charge in [-0.3, -0.25) is 4.98 Å². The Hall–Kier alpha value is -0.900. The highest BCUT2D eigenvalue weighted by atomic mass is 79.9. The smallest absolute Gasteiger partial charge is 0.0830 e. The molecule has 1 aromatic heterocycles. The monoisotopic (exact) mass is 213 g/mol. The van der Waals surface area contributed by atoms with Gasteiger partial charge in [-0.15, -0.1) is 0 Å². The molecule has 0 saturated heterocycles.